The molecule has 1 aromatic carbocycles. The zero-order valence-corrected chi connectivity index (χ0v) is 18.1. The van der Waals surface area contributed by atoms with E-state index >= 15 is 0 Å². The number of rotatable bonds is 5. The molecule has 1 aliphatic carbocycles. The Labute approximate surface area is 188 Å². The molecular formula is C23H24N6O4. The highest BCUT2D eigenvalue weighted by molar-refractivity contribution is 5.97. The van der Waals surface area contributed by atoms with Crippen LogP contribution in [0.3, 0.4) is 0 Å². The number of nitrogens with zero attached hydrogens (tertiary/aromatic N) is 5. The molecule has 10 nitrogen and oxygen atoms in total. The Morgan fingerprint density at radius 3 is 2.82 bits per heavy atom. The van der Waals surface area contributed by atoms with Gasteiger partial charge in [-0.1, -0.05) is 11.2 Å². The minimum Gasteiger partial charge on any atom is -0.393 e. The number of imidazole rings is 1. The summed E-state index contributed by atoms with van der Waals surface area (Å²) in [6.07, 6.45) is 4.23. The summed E-state index contributed by atoms with van der Waals surface area (Å²) in [7, 11) is 1.65. The lowest BCUT2D eigenvalue weighted by Crippen LogP contribution is -2.27. The molecule has 33 heavy (non-hydrogen) atoms. The first kappa shape index (κ1) is 21.1. The summed E-state index contributed by atoms with van der Waals surface area (Å²) in [6.45, 7) is 0.138. The molecule has 0 saturated heterocycles. The van der Waals surface area contributed by atoms with E-state index in [0.29, 0.717) is 41.3 Å². The normalized spacial score (nSPS) is 18.5. The second kappa shape index (κ2) is 8.62. The molecule has 3 aromatic heterocycles. The number of H-pyrrole nitrogens is 1. The molecule has 1 amide bonds. The van der Waals surface area contributed by atoms with Gasteiger partial charge in [0.1, 0.15) is 5.69 Å². The molecule has 1 saturated carbocycles. The molecule has 0 aliphatic heterocycles. The minimum absolute atomic E-state index is 0.0460. The van der Waals surface area contributed by atoms with Gasteiger partial charge in [-0.15, -0.1) is 0 Å². The number of pyridine rings is 1. The molecule has 0 atom stereocenters. The number of aromatic amines is 1. The Bertz CT molecular complexity index is 1330. The molecule has 5 rings (SSSR count). The van der Waals surface area contributed by atoms with Crippen molar-refractivity contribution in [3.05, 3.63) is 64.5 Å². The van der Waals surface area contributed by atoms with Gasteiger partial charge in [0.25, 0.3) is 5.91 Å². The molecule has 0 unspecified atom stereocenters. The average Bonchev–Trinajstić information content (AvgIpc) is 3.43. The summed E-state index contributed by atoms with van der Waals surface area (Å²) in [5.74, 6) is 0.428. The van der Waals surface area contributed by atoms with Gasteiger partial charge in [-0.2, -0.15) is 4.98 Å². The number of benzene rings is 1. The number of fused-ring (bicyclic) bond motifs is 1. The number of amides is 1. The highest BCUT2D eigenvalue weighted by Crippen LogP contribution is 2.30. The number of aliphatic hydroxyl groups excluding tert-OH is 1. The van der Waals surface area contributed by atoms with Crippen molar-refractivity contribution in [1.29, 1.82) is 0 Å². The van der Waals surface area contributed by atoms with Crippen LogP contribution in [0.1, 0.15) is 48.0 Å². The van der Waals surface area contributed by atoms with E-state index in [-0.39, 0.29) is 30.3 Å². The highest BCUT2D eigenvalue weighted by Gasteiger charge is 2.24. The van der Waals surface area contributed by atoms with Crippen molar-refractivity contribution < 1.29 is 14.4 Å². The van der Waals surface area contributed by atoms with E-state index < -0.39 is 0 Å². The van der Waals surface area contributed by atoms with E-state index in [1.54, 1.807) is 48.1 Å². The van der Waals surface area contributed by atoms with E-state index in [1.807, 2.05) is 6.07 Å². The Hall–Kier alpha value is -3.79. The zero-order valence-electron chi connectivity index (χ0n) is 18.1. The molecular weight excluding hydrogens is 424 g/mol. The fourth-order valence-electron chi connectivity index (χ4n) is 4.36. The Morgan fingerprint density at radius 2 is 2.06 bits per heavy atom. The molecule has 1 aliphatic rings. The summed E-state index contributed by atoms with van der Waals surface area (Å²) in [6, 6.07) is 10.7. The zero-order chi connectivity index (χ0) is 22.9. The predicted octanol–water partition coefficient (Wildman–Crippen LogP) is 2.52. The number of carbonyl (C=O) groups is 1. The first-order valence-electron chi connectivity index (χ1n) is 10.9. The maximum Gasteiger partial charge on any atom is 0.326 e. The molecule has 0 spiro atoms. The minimum atomic E-state index is -0.291. The van der Waals surface area contributed by atoms with Crippen LogP contribution in [0, 0.1) is 0 Å². The van der Waals surface area contributed by atoms with Crippen molar-refractivity contribution in [2.75, 3.05) is 7.05 Å². The summed E-state index contributed by atoms with van der Waals surface area (Å²) >= 11 is 0. The Kier molecular flexibility index (Phi) is 5.51. The number of carbonyl (C=O) groups excluding carboxylic acids is 1. The average molecular weight is 448 g/mol. The van der Waals surface area contributed by atoms with Crippen LogP contribution in [0.4, 0.5) is 0 Å². The van der Waals surface area contributed by atoms with Gasteiger partial charge in [-0.05, 0) is 56.0 Å². The van der Waals surface area contributed by atoms with Crippen LogP contribution in [-0.4, -0.2) is 53.7 Å². The van der Waals surface area contributed by atoms with Crippen LogP contribution >= 0.6 is 0 Å². The molecule has 4 aromatic rings. The number of nitrogens with one attached hydrogen (secondary N) is 1. The van der Waals surface area contributed by atoms with Crippen LogP contribution in [0.25, 0.3) is 22.6 Å². The lowest BCUT2D eigenvalue weighted by atomic mass is 9.93. The van der Waals surface area contributed by atoms with Gasteiger partial charge >= 0.3 is 5.69 Å². The number of hydrogen-bond acceptors (Lipinski definition) is 7. The van der Waals surface area contributed by atoms with Crippen LogP contribution in [0.5, 0.6) is 0 Å². The van der Waals surface area contributed by atoms with Gasteiger partial charge in [0.15, 0.2) is 0 Å². The van der Waals surface area contributed by atoms with E-state index in [2.05, 4.69) is 20.1 Å². The van der Waals surface area contributed by atoms with Crippen molar-refractivity contribution in [1.82, 2.24) is 29.6 Å². The fourth-order valence-corrected chi connectivity index (χ4v) is 4.36. The van der Waals surface area contributed by atoms with E-state index in [0.717, 1.165) is 18.4 Å². The van der Waals surface area contributed by atoms with E-state index in [1.165, 1.54) is 4.90 Å². The molecule has 0 radical (unpaired) electrons. The predicted molar refractivity (Wildman–Crippen MR) is 119 cm³/mol. The van der Waals surface area contributed by atoms with Gasteiger partial charge in [-0.3, -0.25) is 14.3 Å². The maximum absolute atomic E-state index is 13.0. The largest absolute Gasteiger partial charge is 0.393 e. The van der Waals surface area contributed by atoms with Crippen LogP contribution in [0.2, 0.25) is 0 Å². The number of hydrogen-bond donors (Lipinski definition) is 2. The third-order valence-corrected chi connectivity index (χ3v) is 6.08. The lowest BCUT2D eigenvalue weighted by Gasteiger charge is -2.26. The summed E-state index contributed by atoms with van der Waals surface area (Å²) < 4.78 is 7.02. The van der Waals surface area contributed by atoms with Gasteiger partial charge < -0.3 is 19.5 Å². The smallest absolute Gasteiger partial charge is 0.326 e. The monoisotopic (exact) mass is 448 g/mol. The molecule has 0 bridgehead atoms. The van der Waals surface area contributed by atoms with Gasteiger partial charge in [0.05, 0.1) is 23.7 Å². The van der Waals surface area contributed by atoms with E-state index in [4.69, 9.17) is 4.52 Å². The first-order chi connectivity index (χ1) is 16.0. The van der Waals surface area contributed by atoms with Crippen molar-refractivity contribution in [3.8, 4) is 11.5 Å². The number of aliphatic hydroxyl groups is 1. The second-order valence-electron chi connectivity index (χ2n) is 8.38. The van der Waals surface area contributed by atoms with Crippen molar-refractivity contribution in [2.45, 2.75) is 44.4 Å². The van der Waals surface area contributed by atoms with Crippen LogP contribution in [0.15, 0.2) is 51.9 Å². The highest BCUT2D eigenvalue weighted by atomic mass is 16.5. The topological polar surface area (TPSA) is 130 Å². The molecule has 10 heteroatoms. The van der Waals surface area contributed by atoms with Gasteiger partial charge in [-0.25, -0.2) is 4.79 Å². The standard InChI is InChI=1S/C23H24N6O4/c1-28(13-20-26-21(27-33-20)17-4-2-3-11-24-17)22(31)14-5-10-19-18(12-14)25-23(32)29(19)15-6-8-16(30)9-7-15/h2-5,10-12,15-16,30H,6-9,13H2,1H3,(H,25,32). The Balaban J connectivity index is 1.33. The van der Waals surface area contributed by atoms with Crippen molar-refractivity contribution in [3.63, 3.8) is 0 Å². The van der Waals surface area contributed by atoms with Gasteiger partial charge in [0.2, 0.25) is 11.7 Å². The quantitative estimate of drug-likeness (QED) is 0.480. The van der Waals surface area contributed by atoms with Crippen molar-refractivity contribution >= 4 is 16.9 Å². The third-order valence-electron chi connectivity index (χ3n) is 6.08. The van der Waals surface area contributed by atoms with Crippen LogP contribution < -0.4 is 5.69 Å². The summed E-state index contributed by atoms with van der Waals surface area (Å²) in [5.41, 5.74) is 2.21. The molecule has 3 heterocycles. The molecule has 170 valence electrons. The van der Waals surface area contributed by atoms with E-state index in [9.17, 15) is 14.7 Å². The molecule has 2 N–H and O–H groups in total. The summed E-state index contributed by atoms with van der Waals surface area (Å²) in [5, 5.41) is 13.7. The lowest BCUT2D eigenvalue weighted by molar-refractivity contribution is 0.0769. The molecule has 1 fully saturated rings. The second-order valence-corrected chi connectivity index (χ2v) is 8.38. The SMILES string of the molecule is CN(Cc1nc(-c2ccccn2)no1)C(=O)c1ccc2c(c1)[nH]c(=O)n2C1CCC(O)CC1. The first-order valence-corrected chi connectivity index (χ1v) is 10.9. The Morgan fingerprint density at radius 1 is 1.24 bits per heavy atom. The summed E-state index contributed by atoms with van der Waals surface area (Å²) in [4.78, 5) is 38.5. The number of aromatic nitrogens is 5. The van der Waals surface area contributed by atoms with Gasteiger partial charge in [0, 0.05) is 24.8 Å². The van der Waals surface area contributed by atoms with Crippen LogP contribution in [-0.2, 0) is 6.54 Å². The van der Waals surface area contributed by atoms with Crippen molar-refractivity contribution in [2.24, 2.45) is 0 Å². The fraction of sp³-hybridized carbons (Fsp3) is 0.348. The maximum atomic E-state index is 13.0. The third kappa shape index (κ3) is 4.17.